The number of fused-ring (bicyclic) bond motifs is 1. The number of likely N-dealkylation sites (tertiary alicyclic amines) is 1. The van der Waals surface area contributed by atoms with Gasteiger partial charge in [0.2, 0.25) is 0 Å². The molecule has 0 radical (unpaired) electrons. The van der Waals surface area contributed by atoms with Gasteiger partial charge in [0.15, 0.2) is 5.65 Å². The van der Waals surface area contributed by atoms with Crippen LogP contribution in [0.25, 0.3) is 5.65 Å². The SMILES string of the molecule is O=c1cc(CN2CCCCCC2c2ccccc2)nc2cc[nH]n12. The van der Waals surface area contributed by atoms with E-state index in [1.807, 2.05) is 6.07 Å². The molecule has 4 rings (SSSR count). The average Bonchev–Trinajstić information content (AvgIpc) is 2.96. The van der Waals surface area contributed by atoms with Crippen molar-refractivity contribution in [2.75, 3.05) is 6.54 Å². The Bertz CT molecular complexity index is 868. The number of nitrogens with one attached hydrogen (secondary N) is 1. The van der Waals surface area contributed by atoms with Crippen LogP contribution in [0.15, 0.2) is 53.5 Å². The molecule has 1 aliphatic heterocycles. The summed E-state index contributed by atoms with van der Waals surface area (Å²) in [4.78, 5) is 19.3. The Labute approximate surface area is 140 Å². The van der Waals surface area contributed by atoms with Gasteiger partial charge in [0.05, 0.1) is 5.69 Å². The third-order valence-corrected chi connectivity index (χ3v) is 4.85. The van der Waals surface area contributed by atoms with Crippen molar-refractivity contribution < 1.29 is 0 Å². The first-order valence-electron chi connectivity index (χ1n) is 8.66. The summed E-state index contributed by atoms with van der Waals surface area (Å²) in [6.07, 6.45) is 6.63. The van der Waals surface area contributed by atoms with Gasteiger partial charge >= 0.3 is 0 Å². The molecular formula is C19H22N4O. The number of nitrogens with zero attached hydrogens (tertiary/aromatic N) is 3. The molecule has 1 fully saturated rings. The Kier molecular flexibility index (Phi) is 4.17. The number of aromatic nitrogens is 3. The van der Waals surface area contributed by atoms with Crippen LogP contribution in [-0.4, -0.2) is 26.0 Å². The summed E-state index contributed by atoms with van der Waals surface area (Å²) < 4.78 is 1.47. The molecule has 5 nitrogen and oxygen atoms in total. The van der Waals surface area contributed by atoms with Gasteiger partial charge in [-0.1, -0.05) is 43.2 Å². The quantitative estimate of drug-likeness (QED) is 0.806. The summed E-state index contributed by atoms with van der Waals surface area (Å²) in [5.41, 5.74) is 2.84. The highest BCUT2D eigenvalue weighted by molar-refractivity contribution is 5.36. The fourth-order valence-electron chi connectivity index (χ4n) is 3.68. The smallest absolute Gasteiger partial charge is 0.272 e. The van der Waals surface area contributed by atoms with Gasteiger partial charge in [-0.05, 0) is 24.9 Å². The zero-order valence-electron chi connectivity index (χ0n) is 13.7. The molecule has 1 N–H and O–H groups in total. The molecule has 0 bridgehead atoms. The summed E-state index contributed by atoms with van der Waals surface area (Å²) >= 11 is 0. The summed E-state index contributed by atoms with van der Waals surface area (Å²) in [7, 11) is 0. The lowest BCUT2D eigenvalue weighted by molar-refractivity contribution is 0.190. The highest BCUT2D eigenvalue weighted by atomic mass is 16.1. The molecule has 1 atom stereocenters. The minimum absolute atomic E-state index is 0.0499. The fourth-order valence-corrected chi connectivity index (χ4v) is 3.68. The lowest BCUT2D eigenvalue weighted by Gasteiger charge is -2.30. The van der Waals surface area contributed by atoms with Gasteiger partial charge < -0.3 is 0 Å². The van der Waals surface area contributed by atoms with Crippen LogP contribution in [0.3, 0.4) is 0 Å². The molecule has 0 amide bonds. The second-order valence-electron chi connectivity index (χ2n) is 6.49. The van der Waals surface area contributed by atoms with Crippen molar-refractivity contribution in [3.05, 3.63) is 70.3 Å². The van der Waals surface area contributed by atoms with Crippen molar-refractivity contribution in [3.63, 3.8) is 0 Å². The van der Waals surface area contributed by atoms with Crippen LogP contribution in [0.4, 0.5) is 0 Å². The van der Waals surface area contributed by atoms with Gasteiger partial charge in [0.25, 0.3) is 5.56 Å². The predicted octanol–water partition coefficient (Wildman–Crippen LogP) is 3.14. The molecule has 1 aliphatic rings. The van der Waals surface area contributed by atoms with Crippen molar-refractivity contribution in [2.45, 2.75) is 38.3 Å². The molecule has 5 heteroatoms. The minimum Gasteiger partial charge on any atom is -0.297 e. The van der Waals surface area contributed by atoms with Crippen molar-refractivity contribution in [3.8, 4) is 0 Å². The summed E-state index contributed by atoms with van der Waals surface area (Å²) in [6.45, 7) is 1.77. The van der Waals surface area contributed by atoms with Gasteiger partial charge in [-0.25, -0.2) is 9.50 Å². The molecule has 1 saturated heterocycles. The Balaban J connectivity index is 1.65. The zero-order chi connectivity index (χ0) is 16.4. The van der Waals surface area contributed by atoms with E-state index in [1.165, 1.54) is 29.3 Å². The molecule has 2 aromatic heterocycles. The topological polar surface area (TPSA) is 53.4 Å². The van der Waals surface area contributed by atoms with Crippen LogP contribution in [0, 0.1) is 0 Å². The van der Waals surface area contributed by atoms with E-state index in [9.17, 15) is 4.79 Å². The largest absolute Gasteiger partial charge is 0.297 e. The lowest BCUT2D eigenvalue weighted by Crippen LogP contribution is -2.29. The highest BCUT2D eigenvalue weighted by Gasteiger charge is 2.23. The first-order valence-corrected chi connectivity index (χ1v) is 8.66. The van der Waals surface area contributed by atoms with Gasteiger partial charge in [-0.3, -0.25) is 14.8 Å². The Morgan fingerprint density at radius 1 is 1.12 bits per heavy atom. The average molecular weight is 322 g/mol. The number of hydrogen-bond donors (Lipinski definition) is 1. The van der Waals surface area contributed by atoms with E-state index < -0.39 is 0 Å². The third kappa shape index (κ3) is 2.99. The molecule has 3 heterocycles. The van der Waals surface area contributed by atoms with E-state index >= 15 is 0 Å². The van der Waals surface area contributed by atoms with Crippen molar-refractivity contribution in [1.29, 1.82) is 0 Å². The molecule has 1 unspecified atom stereocenters. The van der Waals surface area contributed by atoms with E-state index in [1.54, 1.807) is 12.3 Å². The van der Waals surface area contributed by atoms with Crippen LogP contribution in [0.1, 0.15) is 43.0 Å². The molecule has 24 heavy (non-hydrogen) atoms. The highest BCUT2D eigenvalue weighted by Crippen LogP contribution is 2.30. The Morgan fingerprint density at radius 3 is 2.88 bits per heavy atom. The maximum absolute atomic E-state index is 12.2. The maximum atomic E-state index is 12.2. The van der Waals surface area contributed by atoms with E-state index in [0.29, 0.717) is 11.7 Å². The standard InChI is InChI=1S/C19H22N4O/c24-19-13-16(21-18-10-11-20-23(18)19)14-22-12-6-2-5-9-17(22)15-7-3-1-4-8-15/h1,3-4,7-8,10-11,13,17,20H,2,5-6,9,12,14H2. The van der Waals surface area contributed by atoms with E-state index in [2.05, 4.69) is 45.3 Å². The second-order valence-corrected chi connectivity index (χ2v) is 6.49. The van der Waals surface area contributed by atoms with Crippen LogP contribution in [0.2, 0.25) is 0 Å². The van der Waals surface area contributed by atoms with Crippen LogP contribution in [0.5, 0.6) is 0 Å². The monoisotopic (exact) mass is 322 g/mol. The van der Waals surface area contributed by atoms with E-state index in [0.717, 1.165) is 25.2 Å². The van der Waals surface area contributed by atoms with Crippen LogP contribution >= 0.6 is 0 Å². The number of aromatic amines is 1. The van der Waals surface area contributed by atoms with Gasteiger partial charge in [-0.15, -0.1) is 0 Å². The lowest BCUT2D eigenvalue weighted by atomic mass is 10.0. The predicted molar refractivity (Wildman–Crippen MR) is 93.9 cm³/mol. The number of rotatable bonds is 3. The van der Waals surface area contributed by atoms with Crippen molar-refractivity contribution >= 4 is 5.65 Å². The fraction of sp³-hybridized carbons (Fsp3) is 0.368. The number of benzene rings is 1. The van der Waals surface area contributed by atoms with Crippen LogP contribution < -0.4 is 5.56 Å². The Morgan fingerprint density at radius 2 is 2.00 bits per heavy atom. The van der Waals surface area contributed by atoms with Crippen molar-refractivity contribution in [2.24, 2.45) is 0 Å². The van der Waals surface area contributed by atoms with Gasteiger partial charge in [-0.2, -0.15) is 0 Å². The minimum atomic E-state index is -0.0499. The summed E-state index contributed by atoms with van der Waals surface area (Å²) in [5.74, 6) is 0. The summed E-state index contributed by atoms with van der Waals surface area (Å²) in [5, 5.41) is 2.89. The maximum Gasteiger partial charge on any atom is 0.272 e. The number of hydrogen-bond acceptors (Lipinski definition) is 3. The first kappa shape index (κ1) is 15.1. The van der Waals surface area contributed by atoms with Gasteiger partial charge in [0, 0.05) is 30.9 Å². The molecular weight excluding hydrogens is 300 g/mol. The molecule has 3 aromatic rings. The van der Waals surface area contributed by atoms with Crippen molar-refractivity contribution in [1.82, 2.24) is 19.5 Å². The summed E-state index contributed by atoms with van der Waals surface area (Å²) in [6, 6.07) is 14.6. The number of H-pyrrole nitrogens is 1. The molecule has 1 aromatic carbocycles. The zero-order valence-corrected chi connectivity index (χ0v) is 13.7. The van der Waals surface area contributed by atoms with Crippen LogP contribution in [-0.2, 0) is 6.54 Å². The van der Waals surface area contributed by atoms with E-state index in [-0.39, 0.29) is 5.56 Å². The van der Waals surface area contributed by atoms with Gasteiger partial charge in [0.1, 0.15) is 0 Å². The molecule has 0 spiro atoms. The van der Waals surface area contributed by atoms with E-state index in [4.69, 9.17) is 0 Å². The molecule has 0 saturated carbocycles. The normalized spacial score (nSPS) is 19.4. The molecule has 0 aliphatic carbocycles. The second kappa shape index (κ2) is 6.61. The first-order chi connectivity index (χ1) is 11.8. The third-order valence-electron chi connectivity index (χ3n) is 4.85. The molecule has 124 valence electrons. The Hall–Kier alpha value is -2.40.